The van der Waals surface area contributed by atoms with Crippen molar-refractivity contribution in [2.45, 2.75) is 32.6 Å². The maximum Gasteiger partial charge on any atom is 0.221 e. The van der Waals surface area contributed by atoms with E-state index in [9.17, 15) is 4.79 Å². The number of nitrogens with one attached hydrogen (secondary N) is 1. The molecule has 0 bridgehead atoms. The van der Waals surface area contributed by atoms with Gasteiger partial charge in [0.1, 0.15) is 5.75 Å². The van der Waals surface area contributed by atoms with Crippen LogP contribution < -0.4 is 15.0 Å². The Morgan fingerprint density at radius 2 is 1.60 bits per heavy atom. The van der Waals surface area contributed by atoms with Gasteiger partial charge >= 0.3 is 0 Å². The van der Waals surface area contributed by atoms with Crippen LogP contribution in [-0.2, 0) is 14.3 Å². The van der Waals surface area contributed by atoms with Gasteiger partial charge in [-0.05, 0) is 43.9 Å². The maximum absolute atomic E-state index is 11.4. The van der Waals surface area contributed by atoms with Gasteiger partial charge in [-0.15, -0.1) is 0 Å². The average Bonchev–Trinajstić information content (AvgIpc) is 2.60. The molecule has 142 valence electrons. The molecule has 6 heteroatoms. The van der Waals surface area contributed by atoms with E-state index in [1.54, 1.807) is 21.3 Å². The highest BCUT2D eigenvalue weighted by atomic mass is 16.5. The molecular weight excluding hydrogens is 320 g/mol. The van der Waals surface area contributed by atoms with Crippen LogP contribution in [0.25, 0.3) is 0 Å². The number of carbonyl (C=O) groups excluding carboxylic acids is 1. The molecule has 0 aliphatic rings. The van der Waals surface area contributed by atoms with Gasteiger partial charge in [0.15, 0.2) is 0 Å². The first-order valence-corrected chi connectivity index (χ1v) is 8.80. The van der Waals surface area contributed by atoms with E-state index in [1.165, 1.54) is 6.92 Å². The molecule has 0 spiro atoms. The smallest absolute Gasteiger partial charge is 0.221 e. The van der Waals surface area contributed by atoms with Crippen molar-refractivity contribution < 1.29 is 19.0 Å². The molecule has 0 aliphatic carbocycles. The molecule has 0 saturated carbocycles. The van der Waals surface area contributed by atoms with Gasteiger partial charge in [0.25, 0.3) is 0 Å². The van der Waals surface area contributed by atoms with E-state index in [0.29, 0.717) is 0 Å². The molecule has 0 fully saturated rings. The molecule has 0 radical (unpaired) electrons. The van der Waals surface area contributed by atoms with E-state index < -0.39 is 0 Å². The van der Waals surface area contributed by atoms with Crippen LogP contribution in [0.3, 0.4) is 0 Å². The highest BCUT2D eigenvalue weighted by molar-refractivity contribution is 5.89. The van der Waals surface area contributed by atoms with Crippen molar-refractivity contribution in [1.29, 1.82) is 0 Å². The summed E-state index contributed by atoms with van der Waals surface area (Å²) < 4.78 is 15.8. The molecule has 6 nitrogen and oxygen atoms in total. The van der Waals surface area contributed by atoms with Crippen LogP contribution in [0.4, 0.5) is 11.4 Å². The quantitative estimate of drug-likeness (QED) is 0.552. The van der Waals surface area contributed by atoms with Crippen LogP contribution in [0.2, 0.25) is 0 Å². The number of benzene rings is 1. The van der Waals surface area contributed by atoms with Crippen molar-refractivity contribution in [1.82, 2.24) is 0 Å². The molecule has 0 aliphatic heterocycles. The van der Waals surface area contributed by atoms with Crippen molar-refractivity contribution in [3.05, 3.63) is 18.2 Å². The number of nitrogens with zero attached hydrogens (tertiary/aromatic N) is 1. The number of hydrogen-bond donors (Lipinski definition) is 1. The summed E-state index contributed by atoms with van der Waals surface area (Å²) in [5, 5.41) is 2.84. The Labute approximate surface area is 151 Å². The second-order valence-corrected chi connectivity index (χ2v) is 5.95. The van der Waals surface area contributed by atoms with Crippen LogP contribution >= 0.6 is 0 Å². The van der Waals surface area contributed by atoms with Gasteiger partial charge in [-0.3, -0.25) is 4.79 Å². The molecule has 0 unspecified atom stereocenters. The molecular formula is C19H32N2O4. The number of anilines is 2. The lowest BCUT2D eigenvalue weighted by molar-refractivity contribution is -0.114. The standard InChI is InChI=1S/C19H32N2O4/c1-16(22)20-17-9-10-19(25-4)18(15-17)21(11-5-7-13-23-2)12-6-8-14-24-3/h9-10,15H,5-8,11-14H2,1-4H3,(H,20,22). The summed E-state index contributed by atoms with van der Waals surface area (Å²) in [6.07, 6.45) is 4.09. The minimum absolute atomic E-state index is 0.0807. The normalized spacial score (nSPS) is 10.6. The molecule has 0 atom stereocenters. The fraction of sp³-hybridized carbons (Fsp3) is 0.632. The second kappa shape index (κ2) is 12.6. The highest BCUT2D eigenvalue weighted by Crippen LogP contribution is 2.32. The summed E-state index contributed by atoms with van der Waals surface area (Å²) in [6.45, 7) is 4.87. The second-order valence-electron chi connectivity index (χ2n) is 5.95. The molecule has 0 aromatic heterocycles. The van der Waals surface area contributed by atoms with E-state index in [0.717, 1.165) is 69.1 Å². The molecule has 1 rings (SSSR count). The van der Waals surface area contributed by atoms with Crippen molar-refractivity contribution in [2.24, 2.45) is 0 Å². The van der Waals surface area contributed by atoms with Crippen molar-refractivity contribution >= 4 is 17.3 Å². The zero-order chi connectivity index (χ0) is 18.5. The maximum atomic E-state index is 11.4. The Kier molecular flexibility index (Phi) is 10.7. The van der Waals surface area contributed by atoms with Crippen LogP contribution in [-0.4, -0.2) is 53.5 Å². The SMILES string of the molecule is COCCCCN(CCCCOC)c1cc(NC(C)=O)ccc1OC. The fourth-order valence-corrected chi connectivity index (χ4v) is 2.67. The van der Waals surface area contributed by atoms with Gasteiger partial charge in [-0.2, -0.15) is 0 Å². The van der Waals surface area contributed by atoms with Crippen molar-refractivity contribution in [3.8, 4) is 5.75 Å². The van der Waals surface area contributed by atoms with Gasteiger partial charge < -0.3 is 24.4 Å². The minimum Gasteiger partial charge on any atom is -0.495 e. The zero-order valence-electron chi connectivity index (χ0n) is 16.0. The third-order valence-electron chi connectivity index (χ3n) is 3.89. The first kappa shape index (κ1) is 21.3. The Balaban J connectivity index is 2.89. The summed E-state index contributed by atoms with van der Waals surface area (Å²) in [7, 11) is 5.12. The zero-order valence-corrected chi connectivity index (χ0v) is 16.0. The van der Waals surface area contributed by atoms with Gasteiger partial charge in [0.2, 0.25) is 5.91 Å². The summed E-state index contributed by atoms with van der Waals surface area (Å²) in [5.41, 5.74) is 1.78. The van der Waals surface area contributed by atoms with E-state index in [4.69, 9.17) is 14.2 Å². The number of ether oxygens (including phenoxy) is 3. The predicted octanol–water partition coefficient (Wildman–Crippen LogP) is 3.31. The number of unbranched alkanes of at least 4 members (excludes halogenated alkanes) is 2. The van der Waals surface area contributed by atoms with Crippen molar-refractivity contribution in [2.75, 3.05) is 57.8 Å². The van der Waals surface area contributed by atoms with E-state index >= 15 is 0 Å². The molecule has 1 aromatic carbocycles. The van der Waals surface area contributed by atoms with Gasteiger partial charge in [-0.25, -0.2) is 0 Å². The van der Waals surface area contributed by atoms with E-state index in [-0.39, 0.29) is 5.91 Å². The topological polar surface area (TPSA) is 60.0 Å². The Morgan fingerprint density at radius 1 is 1.00 bits per heavy atom. The number of rotatable bonds is 13. The fourth-order valence-electron chi connectivity index (χ4n) is 2.67. The number of carbonyl (C=O) groups is 1. The summed E-state index contributed by atoms with van der Waals surface area (Å²) in [5.74, 6) is 0.732. The highest BCUT2D eigenvalue weighted by Gasteiger charge is 2.13. The van der Waals surface area contributed by atoms with Gasteiger partial charge in [-0.1, -0.05) is 0 Å². The first-order valence-electron chi connectivity index (χ1n) is 8.80. The van der Waals surface area contributed by atoms with Crippen molar-refractivity contribution in [3.63, 3.8) is 0 Å². The lowest BCUT2D eigenvalue weighted by Gasteiger charge is -2.27. The Bertz CT molecular complexity index is 496. The average molecular weight is 352 g/mol. The molecule has 25 heavy (non-hydrogen) atoms. The van der Waals surface area contributed by atoms with E-state index in [1.807, 2.05) is 18.2 Å². The monoisotopic (exact) mass is 352 g/mol. The largest absolute Gasteiger partial charge is 0.495 e. The Hall–Kier alpha value is -1.79. The first-order chi connectivity index (χ1) is 12.1. The third kappa shape index (κ3) is 8.23. The van der Waals surface area contributed by atoms with Crippen LogP contribution in [0.5, 0.6) is 5.75 Å². The third-order valence-corrected chi connectivity index (χ3v) is 3.89. The van der Waals surface area contributed by atoms with Gasteiger partial charge in [0, 0.05) is 53.1 Å². The Morgan fingerprint density at radius 3 is 2.08 bits per heavy atom. The lowest BCUT2D eigenvalue weighted by atomic mass is 10.2. The summed E-state index contributed by atoms with van der Waals surface area (Å²) >= 11 is 0. The molecule has 1 aromatic rings. The molecule has 1 amide bonds. The number of hydrogen-bond acceptors (Lipinski definition) is 5. The predicted molar refractivity (Wildman–Crippen MR) is 102 cm³/mol. The van der Waals surface area contributed by atoms with Crippen LogP contribution in [0.15, 0.2) is 18.2 Å². The van der Waals surface area contributed by atoms with Crippen LogP contribution in [0, 0.1) is 0 Å². The number of amides is 1. The van der Waals surface area contributed by atoms with Gasteiger partial charge in [0.05, 0.1) is 12.8 Å². The van der Waals surface area contributed by atoms with E-state index in [2.05, 4.69) is 10.2 Å². The lowest BCUT2D eigenvalue weighted by Crippen LogP contribution is -2.27. The van der Waals surface area contributed by atoms with Crippen LogP contribution in [0.1, 0.15) is 32.6 Å². The molecule has 1 N–H and O–H groups in total. The molecule has 0 heterocycles. The summed E-state index contributed by atoms with van der Waals surface area (Å²) in [4.78, 5) is 13.7. The summed E-state index contributed by atoms with van der Waals surface area (Å²) in [6, 6.07) is 5.74. The minimum atomic E-state index is -0.0807. The molecule has 0 saturated heterocycles. The number of methoxy groups -OCH3 is 3.